The Morgan fingerprint density at radius 2 is 2.09 bits per heavy atom. The number of hydrogen-bond acceptors (Lipinski definition) is 3. The molecule has 22 heavy (non-hydrogen) atoms. The first-order valence-corrected chi connectivity index (χ1v) is 7.43. The summed E-state index contributed by atoms with van der Waals surface area (Å²) in [4.78, 5) is 15.7. The van der Waals surface area contributed by atoms with Crippen LogP contribution in [0.15, 0.2) is 29.3 Å². The van der Waals surface area contributed by atoms with Crippen molar-refractivity contribution < 1.29 is 9.53 Å². The second-order valence-corrected chi connectivity index (χ2v) is 5.06. The van der Waals surface area contributed by atoms with Crippen LogP contribution in [0.3, 0.4) is 0 Å². The highest BCUT2D eigenvalue weighted by Gasteiger charge is 2.11. The zero-order valence-electron chi connectivity index (χ0n) is 13.1. The number of rotatable bonds is 7. The Labute approximate surface area is 136 Å². The monoisotopic (exact) mass is 326 g/mol. The van der Waals surface area contributed by atoms with E-state index < -0.39 is 0 Å². The molecule has 0 spiro atoms. The third-order valence-corrected chi connectivity index (χ3v) is 3.34. The highest BCUT2D eigenvalue weighted by Crippen LogP contribution is 2.21. The predicted octanol–water partition coefficient (Wildman–Crippen LogP) is 1.33. The highest BCUT2D eigenvalue weighted by molar-refractivity contribution is 6.31. The maximum absolute atomic E-state index is 11.6. The van der Waals surface area contributed by atoms with Gasteiger partial charge < -0.3 is 20.7 Å². The number of halogens is 1. The molecule has 122 valence electrons. The van der Waals surface area contributed by atoms with Crippen LogP contribution in [0, 0.1) is 0 Å². The van der Waals surface area contributed by atoms with Crippen LogP contribution in [0.4, 0.5) is 0 Å². The van der Waals surface area contributed by atoms with Gasteiger partial charge in [-0.25, -0.2) is 0 Å². The fourth-order valence-corrected chi connectivity index (χ4v) is 2.12. The van der Waals surface area contributed by atoms with Gasteiger partial charge in [-0.3, -0.25) is 9.79 Å². The number of nitrogens with one attached hydrogen (secondary N) is 3. The number of hydrogen-bond donors (Lipinski definition) is 3. The molecule has 0 saturated heterocycles. The maximum Gasteiger partial charge on any atom is 0.239 e. The summed E-state index contributed by atoms with van der Waals surface area (Å²) in [6, 6.07) is 7.57. The van der Waals surface area contributed by atoms with Crippen LogP contribution in [0.1, 0.15) is 18.5 Å². The van der Waals surface area contributed by atoms with Gasteiger partial charge in [0.1, 0.15) is 0 Å². The van der Waals surface area contributed by atoms with Gasteiger partial charge >= 0.3 is 0 Å². The molecule has 1 rings (SSSR count). The van der Waals surface area contributed by atoms with Gasteiger partial charge in [-0.05, 0) is 18.6 Å². The van der Waals surface area contributed by atoms with E-state index in [1.165, 1.54) is 0 Å². The molecule has 1 aromatic carbocycles. The van der Waals surface area contributed by atoms with Crippen molar-refractivity contribution in [2.24, 2.45) is 4.99 Å². The first-order valence-electron chi connectivity index (χ1n) is 7.05. The van der Waals surface area contributed by atoms with E-state index in [0.29, 0.717) is 24.1 Å². The van der Waals surface area contributed by atoms with E-state index in [1.54, 1.807) is 14.2 Å². The molecule has 0 saturated carbocycles. The maximum atomic E-state index is 11.6. The Morgan fingerprint density at radius 1 is 1.36 bits per heavy atom. The molecule has 3 N–H and O–H groups in total. The van der Waals surface area contributed by atoms with Gasteiger partial charge in [0.05, 0.1) is 19.2 Å². The fraction of sp³-hybridized carbons (Fsp3) is 0.467. The molecule has 0 radical (unpaired) electrons. The molecule has 1 atom stereocenters. The Balaban J connectivity index is 2.45. The number of carbonyl (C=O) groups is 1. The highest BCUT2D eigenvalue weighted by atomic mass is 35.5. The molecular formula is C15H23ClN4O2. The molecule has 1 aromatic rings. The number of aliphatic imine (C=N–C) groups is 1. The van der Waals surface area contributed by atoms with E-state index in [0.717, 1.165) is 5.56 Å². The quantitative estimate of drug-likeness (QED) is 0.401. The van der Waals surface area contributed by atoms with Gasteiger partial charge in [-0.1, -0.05) is 29.8 Å². The van der Waals surface area contributed by atoms with E-state index in [4.69, 9.17) is 16.3 Å². The van der Waals surface area contributed by atoms with E-state index in [2.05, 4.69) is 20.9 Å². The number of amides is 1. The molecule has 7 heteroatoms. The van der Waals surface area contributed by atoms with E-state index in [1.807, 2.05) is 31.2 Å². The Bertz CT molecular complexity index is 508. The zero-order valence-corrected chi connectivity index (χ0v) is 13.9. The van der Waals surface area contributed by atoms with Crippen molar-refractivity contribution in [2.45, 2.75) is 13.0 Å². The first kappa shape index (κ1) is 18.3. The summed E-state index contributed by atoms with van der Waals surface area (Å²) in [6.07, 6.45) is 0. The van der Waals surface area contributed by atoms with Crippen molar-refractivity contribution >= 4 is 23.5 Å². The number of methoxy groups -OCH3 is 1. The van der Waals surface area contributed by atoms with Crippen LogP contribution < -0.4 is 16.0 Å². The summed E-state index contributed by atoms with van der Waals surface area (Å²) in [6.45, 7) is 3.09. The number of ether oxygens (including phenoxy) is 1. The molecule has 0 aliphatic rings. The Morgan fingerprint density at radius 3 is 2.73 bits per heavy atom. The van der Waals surface area contributed by atoms with Crippen molar-refractivity contribution in [3.05, 3.63) is 34.9 Å². The summed E-state index contributed by atoms with van der Waals surface area (Å²) in [5.41, 5.74) is 0.969. The van der Waals surface area contributed by atoms with Crippen molar-refractivity contribution in [2.75, 3.05) is 33.9 Å². The van der Waals surface area contributed by atoms with E-state index in [-0.39, 0.29) is 18.5 Å². The largest absolute Gasteiger partial charge is 0.383 e. The summed E-state index contributed by atoms with van der Waals surface area (Å²) in [5, 5.41) is 9.57. The normalized spacial score (nSPS) is 12.6. The molecule has 0 aliphatic carbocycles. The average Bonchev–Trinajstić information content (AvgIpc) is 2.51. The minimum Gasteiger partial charge on any atom is -0.383 e. The van der Waals surface area contributed by atoms with E-state index >= 15 is 0 Å². The third-order valence-electron chi connectivity index (χ3n) is 2.99. The molecule has 1 unspecified atom stereocenters. The second kappa shape index (κ2) is 10.0. The molecule has 0 heterocycles. The lowest BCUT2D eigenvalue weighted by Crippen LogP contribution is -2.44. The van der Waals surface area contributed by atoms with Gasteiger partial charge in [0.25, 0.3) is 0 Å². The third kappa shape index (κ3) is 6.32. The summed E-state index contributed by atoms with van der Waals surface area (Å²) in [7, 11) is 3.24. The van der Waals surface area contributed by atoms with Crippen LogP contribution in [-0.4, -0.2) is 45.7 Å². The molecule has 0 fully saturated rings. The standard InChI is InChI=1S/C15H23ClN4O2/c1-11(12-6-4-5-7-13(12)16)20-15(17-2)19-10-14(21)18-8-9-22-3/h4-7,11H,8-10H2,1-3H3,(H,18,21)(H2,17,19,20). The van der Waals surface area contributed by atoms with Crippen LogP contribution in [-0.2, 0) is 9.53 Å². The molecular weight excluding hydrogens is 304 g/mol. The number of nitrogens with zero attached hydrogens (tertiary/aromatic N) is 1. The number of guanidine groups is 1. The second-order valence-electron chi connectivity index (χ2n) is 4.66. The van der Waals surface area contributed by atoms with Crippen molar-refractivity contribution in [1.82, 2.24) is 16.0 Å². The van der Waals surface area contributed by atoms with Crippen molar-refractivity contribution in [1.29, 1.82) is 0 Å². The van der Waals surface area contributed by atoms with Gasteiger partial charge in [-0.15, -0.1) is 0 Å². The van der Waals surface area contributed by atoms with E-state index in [9.17, 15) is 4.79 Å². The zero-order chi connectivity index (χ0) is 16.4. The van der Waals surface area contributed by atoms with Gasteiger partial charge in [0.15, 0.2) is 5.96 Å². The minimum atomic E-state index is -0.120. The summed E-state index contributed by atoms with van der Waals surface area (Å²) < 4.78 is 4.87. The smallest absolute Gasteiger partial charge is 0.239 e. The Hall–Kier alpha value is -1.79. The number of carbonyl (C=O) groups excluding carboxylic acids is 1. The molecule has 6 nitrogen and oxygen atoms in total. The minimum absolute atomic E-state index is 0.0311. The SMILES string of the molecule is CN=C(NCC(=O)NCCOC)NC(C)c1ccccc1Cl. The lowest BCUT2D eigenvalue weighted by molar-refractivity contribution is -0.120. The average molecular weight is 327 g/mol. The summed E-state index contributed by atoms with van der Waals surface area (Å²) in [5.74, 6) is 0.416. The topological polar surface area (TPSA) is 74.8 Å². The lowest BCUT2D eigenvalue weighted by Gasteiger charge is -2.19. The fourth-order valence-electron chi connectivity index (χ4n) is 1.82. The number of benzene rings is 1. The predicted molar refractivity (Wildman–Crippen MR) is 89.3 cm³/mol. The van der Waals surface area contributed by atoms with Crippen molar-refractivity contribution in [3.63, 3.8) is 0 Å². The van der Waals surface area contributed by atoms with Crippen LogP contribution in [0.2, 0.25) is 5.02 Å². The molecule has 0 bridgehead atoms. The summed E-state index contributed by atoms with van der Waals surface area (Å²) >= 11 is 6.17. The van der Waals surface area contributed by atoms with Gasteiger partial charge in [-0.2, -0.15) is 0 Å². The van der Waals surface area contributed by atoms with Crippen molar-refractivity contribution in [3.8, 4) is 0 Å². The Kier molecular flexibility index (Phi) is 8.32. The van der Waals surface area contributed by atoms with Crippen LogP contribution in [0.5, 0.6) is 0 Å². The lowest BCUT2D eigenvalue weighted by atomic mass is 10.1. The van der Waals surface area contributed by atoms with Crippen LogP contribution in [0.25, 0.3) is 0 Å². The molecule has 0 aliphatic heterocycles. The first-order chi connectivity index (χ1) is 10.6. The van der Waals surface area contributed by atoms with Gasteiger partial charge in [0.2, 0.25) is 5.91 Å². The van der Waals surface area contributed by atoms with Gasteiger partial charge in [0, 0.05) is 25.7 Å². The van der Waals surface area contributed by atoms with Crippen LogP contribution >= 0.6 is 11.6 Å². The molecule has 1 amide bonds. The molecule has 0 aromatic heterocycles.